The van der Waals surface area contributed by atoms with E-state index in [2.05, 4.69) is 0 Å². The van der Waals surface area contributed by atoms with E-state index >= 15 is 0 Å². The standard InChI is InChI=1S/3ClH.H2O.O.Ta/h3*1H;1H2;;. The molecule has 0 aliphatic carbocycles. The SMILES string of the molecule is Cl.Cl.Cl.O.[O]=[Ta]. The van der Waals surface area contributed by atoms with Gasteiger partial charge in [0, 0.05) is 0 Å². The molecule has 0 fully saturated rings. The number of hydrogen-bond acceptors (Lipinski definition) is 1. The second kappa shape index (κ2) is 97.8. The molecule has 0 radical (unpaired) electrons. The van der Waals surface area contributed by atoms with Crippen molar-refractivity contribution in [1.29, 1.82) is 0 Å². The Labute approximate surface area is 66.9 Å². The van der Waals surface area contributed by atoms with Crippen LogP contribution in [0.15, 0.2) is 0 Å². The van der Waals surface area contributed by atoms with Crippen LogP contribution >= 0.6 is 37.2 Å². The molecule has 43 valence electrons. The van der Waals surface area contributed by atoms with Crippen LogP contribution in [0.25, 0.3) is 0 Å². The molecule has 0 bridgehead atoms. The van der Waals surface area contributed by atoms with E-state index in [1.54, 1.807) is 0 Å². The fourth-order valence-electron chi connectivity index (χ4n) is 0. The molecule has 2 nitrogen and oxygen atoms in total. The molecule has 0 aromatic heterocycles. The van der Waals surface area contributed by atoms with Crippen LogP contribution in [0.2, 0.25) is 0 Å². The predicted octanol–water partition coefficient (Wildman–Crippen LogP) is 0.319. The molecule has 0 unspecified atom stereocenters. The van der Waals surface area contributed by atoms with Crippen LogP contribution in [-0.4, -0.2) is 5.48 Å². The van der Waals surface area contributed by atoms with Gasteiger partial charge in [0.15, 0.2) is 0 Å². The van der Waals surface area contributed by atoms with E-state index in [1.165, 1.54) is 0 Å². The Bertz CT molecular complexity index is 8.75. The maximum atomic E-state index is 8.36. The number of halogens is 3. The van der Waals surface area contributed by atoms with Gasteiger partial charge in [-0.25, -0.2) is 0 Å². The summed E-state index contributed by atoms with van der Waals surface area (Å²) in [6.07, 6.45) is 0. The zero-order chi connectivity index (χ0) is 2.00. The number of hydrogen-bond donors (Lipinski definition) is 0. The molecule has 0 aliphatic rings. The van der Waals surface area contributed by atoms with Gasteiger partial charge in [0.05, 0.1) is 0 Å². The Morgan fingerprint density at radius 2 is 0.833 bits per heavy atom. The second-order valence-corrected chi connectivity index (χ2v) is 0. The molecular formula is H5Cl3O2Ta. The summed E-state index contributed by atoms with van der Waals surface area (Å²) in [5, 5.41) is 0. The average molecular weight is 324 g/mol. The molecule has 0 aromatic rings. The average Bonchev–Trinajstić information content (AvgIpc) is 1.00. The fraction of sp³-hybridized carbons (Fsp3) is 0. The van der Waals surface area contributed by atoms with Gasteiger partial charge in [-0.3, -0.25) is 0 Å². The van der Waals surface area contributed by atoms with Gasteiger partial charge < -0.3 is 5.48 Å². The zero-order valence-corrected chi connectivity index (χ0v) is 8.24. The molecule has 0 aliphatic heterocycles. The molecule has 0 atom stereocenters. The van der Waals surface area contributed by atoms with Crippen LogP contribution in [-0.2, 0) is 24.3 Å². The first kappa shape index (κ1) is 53.2. The summed E-state index contributed by atoms with van der Waals surface area (Å²) < 4.78 is 8.36. The normalized spacial score (nSPS) is 0.500. The van der Waals surface area contributed by atoms with E-state index in [4.69, 9.17) is 3.25 Å². The quantitative estimate of drug-likeness (QED) is 0.633. The van der Waals surface area contributed by atoms with Crippen molar-refractivity contribution < 1.29 is 29.8 Å². The van der Waals surface area contributed by atoms with Gasteiger partial charge in [0.2, 0.25) is 0 Å². The van der Waals surface area contributed by atoms with E-state index in [1.807, 2.05) is 0 Å². The van der Waals surface area contributed by atoms with Crippen LogP contribution in [0.3, 0.4) is 0 Å². The van der Waals surface area contributed by atoms with Crippen molar-refractivity contribution in [3.05, 3.63) is 0 Å². The third-order valence-electron chi connectivity index (χ3n) is 0. The molecule has 0 heterocycles. The van der Waals surface area contributed by atoms with E-state index in [0.29, 0.717) is 0 Å². The third kappa shape index (κ3) is 54.6. The molecule has 0 aromatic carbocycles. The summed E-state index contributed by atoms with van der Waals surface area (Å²) in [6.45, 7) is 0. The Morgan fingerprint density at radius 1 is 0.833 bits per heavy atom. The first-order chi connectivity index (χ1) is 1.00. The van der Waals surface area contributed by atoms with Gasteiger partial charge in [-0.05, 0) is 0 Å². The molecule has 6 heavy (non-hydrogen) atoms. The van der Waals surface area contributed by atoms with E-state index in [0.717, 1.165) is 0 Å². The van der Waals surface area contributed by atoms with Crippen molar-refractivity contribution >= 4 is 37.2 Å². The van der Waals surface area contributed by atoms with Crippen LogP contribution in [0, 0.1) is 0 Å². The summed E-state index contributed by atoms with van der Waals surface area (Å²) in [5.41, 5.74) is 0. The van der Waals surface area contributed by atoms with Crippen molar-refractivity contribution in [2.24, 2.45) is 0 Å². The van der Waals surface area contributed by atoms with E-state index in [-0.39, 0.29) is 63.7 Å². The molecule has 0 amide bonds. The summed E-state index contributed by atoms with van der Waals surface area (Å²) in [7, 11) is 0. The summed E-state index contributed by atoms with van der Waals surface area (Å²) in [5.74, 6) is 0. The van der Waals surface area contributed by atoms with Crippen LogP contribution in [0.4, 0.5) is 0 Å². The number of rotatable bonds is 0. The van der Waals surface area contributed by atoms with Gasteiger partial charge in [-0.2, -0.15) is 0 Å². The van der Waals surface area contributed by atoms with Gasteiger partial charge in [0.1, 0.15) is 0 Å². The van der Waals surface area contributed by atoms with Crippen molar-refractivity contribution in [2.45, 2.75) is 0 Å². The predicted molar refractivity (Wildman–Crippen MR) is 26.0 cm³/mol. The fourth-order valence-corrected chi connectivity index (χ4v) is 0. The first-order valence-electron chi connectivity index (χ1n) is 0.183. The summed E-state index contributed by atoms with van der Waals surface area (Å²) >= 11 is 0.194. The van der Waals surface area contributed by atoms with Crippen LogP contribution < -0.4 is 0 Å². The minimum absolute atomic E-state index is 0. The van der Waals surface area contributed by atoms with Crippen molar-refractivity contribution in [2.75, 3.05) is 0 Å². The first-order valence-corrected chi connectivity index (χ1v) is 1.49. The van der Waals surface area contributed by atoms with Crippen molar-refractivity contribution in [3.8, 4) is 0 Å². The van der Waals surface area contributed by atoms with Gasteiger partial charge >= 0.3 is 24.3 Å². The third-order valence-corrected chi connectivity index (χ3v) is 0. The molecule has 0 rings (SSSR count). The Morgan fingerprint density at radius 3 is 0.833 bits per heavy atom. The second-order valence-electron chi connectivity index (χ2n) is 0. The molecule has 6 heteroatoms. The van der Waals surface area contributed by atoms with Crippen LogP contribution in [0.1, 0.15) is 0 Å². The topological polar surface area (TPSA) is 48.6 Å². The van der Waals surface area contributed by atoms with Crippen molar-refractivity contribution in [3.63, 3.8) is 0 Å². The van der Waals surface area contributed by atoms with Crippen LogP contribution in [0.5, 0.6) is 0 Å². The van der Waals surface area contributed by atoms with Gasteiger partial charge in [-0.15, -0.1) is 37.2 Å². The van der Waals surface area contributed by atoms with E-state index < -0.39 is 0 Å². The molecule has 0 saturated carbocycles. The maximum absolute atomic E-state index is 8.36. The summed E-state index contributed by atoms with van der Waals surface area (Å²) in [4.78, 5) is 0. The minimum atomic E-state index is 0. The van der Waals surface area contributed by atoms with Gasteiger partial charge in [0.25, 0.3) is 0 Å². The molecular weight excluding hydrogens is 319 g/mol. The molecule has 0 spiro atoms. The Balaban J connectivity index is -0.000000000833. The van der Waals surface area contributed by atoms with Crippen molar-refractivity contribution in [1.82, 2.24) is 0 Å². The monoisotopic (exact) mass is 323 g/mol. The van der Waals surface area contributed by atoms with Gasteiger partial charge in [-0.1, -0.05) is 0 Å². The Kier molecular flexibility index (Phi) is 868. The molecule has 2 N–H and O–H groups in total. The summed E-state index contributed by atoms with van der Waals surface area (Å²) in [6, 6.07) is 0. The van der Waals surface area contributed by atoms with E-state index in [9.17, 15) is 0 Å². The Hall–Kier alpha value is 1.37. The zero-order valence-electron chi connectivity index (χ0n) is 2.58. The molecule has 0 saturated heterocycles.